The molecule has 2 nitrogen and oxygen atoms in total. The Morgan fingerprint density at radius 1 is 0.221 bits per heavy atom. The minimum Gasteiger partial charge on any atom is -0.456 e. The lowest BCUT2D eigenvalue weighted by Gasteiger charge is -2.29. The first-order chi connectivity index (χ1) is 33.7. The van der Waals surface area contributed by atoms with E-state index in [1.807, 2.05) is 12.1 Å². The summed E-state index contributed by atoms with van der Waals surface area (Å²) in [7, 11) is 0. The summed E-state index contributed by atoms with van der Waals surface area (Å²) in [6.07, 6.45) is 0. The van der Waals surface area contributed by atoms with E-state index in [-0.39, 0.29) is 0 Å². The molecule has 12 rings (SSSR count). The predicted molar refractivity (Wildman–Crippen MR) is 286 cm³/mol. The summed E-state index contributed by atoms with van der Waals surface area (Å²) in [6, 6.07) is 98.1. The number of rotatable bonds is 10. The molecule has 0 spiro atoms. The largest absolute Gasteiger partial charge is 0.456 e. The molecule has 0 radical (unpaired) electrons. The monoisotopic (exact) mass is 867 g/mol. The molecule has 68 heavy (non-hydrogen) atoms. The fourth-order valence-corrected chi connectivity index (χ4v) is 9.72. The van der Waals surface area contributed by atoms with Crippen molar-refractivity contribution in [3.63, 3.8) is 0 Å². The summed E-state index contributed by atoms with van der Waals surface area (Å²) in [5.74, 6) is 0. The van der Waals surface area contributed by atoms with Crippen molar-refractivity contribution >= 4 is 39.0 Å². The third-order valence-electron chi connectivity index (χ3n) is 13.2. The second-order valence-corrected chi connectivity index (χ2v) is 17.2. The number of para-hydroxylation sites is 2. The smallest absolute Gasteiger partial charge is 0.136 e. The van der Waals surface area contributed by atoms with Crippen molar-refractivity contribution in [2.75, 3.05) is 4.90 Å². The van der Waals surface area contributed by atoms with Crippen LogP contribution in [-0.2, 0) is 0 Å². The molecule has 0 aliphatic heterocycles. The third-order valence-corrected chi connectivity index (χ3v) is 13.2. The topological polar surface area (TPSA) is 16.4 Å². The Labute approximate surface area is 397 Å². The van der Waals surface area contributed by atoms with Gasteiger partial charge in [-0.25, -0.2) is 0 Å². The summed E-state index contributed by atoms with van der Waals surface area (Å²) in [4.78, 5) is 2.40. The van der Waals surface area contributed by atoms with E-state index < -0.39 is 0 Å². The van der Waals surface area contributed by atoms with Crippen LogP contribution < -0.4 is 4.90 Å². The van der Waals surface area contributed by atoms with Gasteiger partial charge in [-0.1, -0.05) is 224 Å². The number of fused-ring (bicyclic) bond motifs is 3. The Morgan fingerprint density at radius 3 is 1.13 bits per heavy atom. The van der Waals surface area contributed by atoms with Gasteiger partial charge in [-0.2, -0.15) is 0 Å². The van der Waals surface area contributed by atoms with E-state index >= 15 is 0 Å². The molecule has 0 amide bonds. The summed E-state index contributed by atoms with van der Waals surface area (Å²) >= 11 is 0. The molecule has 0 N–H and O–H groups in total. The van der Waals surface area contributed by atoms with Crippen molar-refractivity contribution in [3.8, 4) is 77.9 Å². The lowest BCUT2D eigenvalue weighted by Crippen LogP contribution is -2.11. The van der Waals surface area contributed by atoms with Crippen molar-refractivity contribution in [2.45, 2.75) is 0 Å². The second-order valence-electron chi connectivity index (χ2n) is 17.2. The highest BCUT2D eigenvalue weighted by atomic mass is 16.3. The van der Waals surface area contributed by atoms with Crippen molar-refractivity contribution in [3.05, 3.63) is 273 Å². The van der Waals surface area contributed by atoms with Gasteiger partial charge < -0.3 is 9.32 Å². The van der Waals surface area contributed by atoms with Gasteiger partial charge in [0.15, 0.2) is 0 Å². The number of nitrogens with zero attached hydrogens (tertiary/aromatic N) is 1. The Bertz CT molecular complexity index is 3680. The molecule has 320 valence electrons. The Kier molecular flexibility index (Phi) is 10.6. The van der Waals surface area contributed by atoms with Gasteiger partial charge in [0.1, 0.15) is 11.2 Å². The molecule has 1 heterocycles. The van der Waals surface area contributed by atoms with Crippen molar-refractivity contribution in [2.24, 2.45) is 0 Å². The first kappa shape index (κ1) is 40.5. The Morgan fingerprint density at radius 2 is 0.574 bits per heavy atom. The third kappa shape index (κ3) is 7.74. The Hall–Kier alpha value is -8.98. The molecule has 0 unspecified atom stereocenters. The maximum Gasteiger partial charge on any atom is 0.136 e. The Balaban J connectivity index is 0.948. The number of anilines is 3. The number of hydrogen-bond acceptors (Lipinski definition) is 2. The SMILES string of the molecule is c1ccc(-c2ccc(-c3ccc(N(c4ccc(-c5ccc6c(c5)oc5ccccc56)cc4)c4ccccc4-c4ccccc4-c4ccccc4-c4ccc(-c5ccccc5)cc4)cc3)cc2)cc1. The van der Waals surface area contributed by atoms with E-state index in [0.717, 1.165) is 66.8 Å². The lowest BCUT2D eigenvalue weighted by molar-refractivity contribution is 0.669. The zero-order chi connectivity index (χ0) is 45.2. The minimum absolute atomic E-state index is 0.891. The molecule has 0 fully saturated rings. The molecule has 0 atom stereocenters. The van der Waals surface area contributed by atoms with Crippen LogP contribution in [0.3, 0.4) is 0 Å². The first-order valence-electron chi connectivity index (χ1n) is 23.2. The predicted octanol–water partition coefficient (Wildman–Crippen LogP) is 18.7. The molecule has 12 aromatic rings. The van der Waals surface area contributed by atoms with Gasteiger partial charge in [0, 0.05) is 27.7 Å². The van der Waals surface area contributed by atoms with Crippen LogP contribution in [0.2, 0.25) is 0 Å². The van der Waals surface area contributed by atoms with Crippen LogP contribution in [0.15, 0.2) is 277 Å². The molecule has 11 aromatic carbocycles. The molecule has 0 aliphatic rings. The number of hydrogen-bond donors (Lipinski definition) is 0. The molecule has 2 heteroatoms. The van der Waals surface area contributed by atoms with E-state index in [1.165, 1.54) is 50.1 Å². The summed E-state index contributed by atoms with van der Waals surface area (Å²) in [5, 5.41) is 2.26. The number of furan rings is 1. The van der Waals surface area contributed by atoms with Gasteiger partial charge in [-0.3, -0.25) is 0 Å². The van der Waals surface area contributed by atoms with Gasteiger partial charge >= 0.3 is 0 Å². The summed E-state index contributed by atoms with van der Waals surface area (Å²) in [6.45, 7) is 0. The van der Waals surface area contributed by atoms with E-state index in [4.69, 9.17) is 4.42 Å². The highest BCUT2D eigenvalue weighted by molar-refractivity contribution is 6.06. The minimum atomic E-state index is 0.891. The van der Waals surface area contributed by atoms with Gasteiger partial charge in [0.25, 0.3) is 0 Å². The molecule has 0 saturated carbocycles. The molecular weight excluding hydrogens is 823 g/mol. The lowest BCUT2D eigenvalue weighted by atomic mass is 9.88. The molecule has 0 saturated heterocycles. The van der Waals surface area contributed by atoms with Gasteiger partial charge in [-0.15, -0.1) is 0 Å². The summed E-state index contributed by atoms with van der Waals surface area (Å²) in [5.41, 5.74) is 21.4. The standard InChI is InChI=1S/C66H45NO/c1-3-15-46(16-4-1)48-27-29-50(30-28-48)51-35-40-55(41-36-51)67(56-42-37-52(38-43-56)54-39-44-63-62-24-12-14-26-65(62)68-66(63)45-54)64-25-13-11-23-61(64)60-22-10-9-21-59(60)58-20-8-7-19-57(58)53-33-31-49(32-34-53)47-17-5-2-6-18-47/h1-45H. The van der Waals surface area contributed by atoms with Crippen LogP contribution in [-0.4, -0.2) is 0 Å². The first-order valence-corrected chi connectivity index (χ1v) is 23.2. The van der Waals surface area contributed by atoms with Crippen LogP contribution in [0.25, 0.3) is 99.8 Å². The van der Waals surface area contributed by atoms with Crippen LogP contribution >= 0.6 is 0 Å². The number of benzene rings is 11. The van der Waals surface area contributed by atoms with Gasteiger partial charge in [0.2, 0.25) is 0 Å². The molecule has 1 aromatic heterocycles. The fraction of sp³-hybridized carbons (Fsp3) is 0. The van der Waals surface area contributed by atoms with Crippen molar-refractivity contribution in [1.82, 2.24) is 0 Å². The van der Waals surface area contributed by atoms with E-state index in [1.54, 1.807) is 0 Å². The van der Waals surface area contributed by atoms with Crippen molar-refractivity contribution in [1.29, 1.82) is 0 Å². The second kappa shape index (κ2) is 17.8. The highest BCUT2D eigenvalue weighted by Gasteiger charge is 2.21. The van der Waals surface area contributed by atoms with Crippen molar-refractivity contribution < 1.29 is 4.42 Å². The average molecular weight is 868 g/mol. The van der Waals surface area contributed by atoms with Gasteiger partial charge in [-0.05, 0) is 121 Å². The van der Waals surface area contributed by atoms with E-state index in [0.29, 0.717) is 0 Å². The van der Waals surface area contributed by atoms with Crippen LogP contribution in [0, 0.1) is 0 Å². The maximum atomic E-state index is 6.30. The molecule has 0 bridgehead atoms. The zero-order valence-corrected chi connectivity index (χ0v) is 37.3. The average Bonchev–Trinajstić information content (AvgIpc) is 3.80. The van der Waals surface area contributed by atoms with E-state index in [9.17, 15) is 0 Å². The molecular formula is C66H45NO. The van der Waals surface area contributed by atoms with Crippen LogP contribution in [0.4, 0.5) is 17.1 Å². The fourth-order valence-electron chi connectivity index (χ4n) is 9.72. The summed E-state index contributed by atoms with van der Waals surface area (Å²) < 4.78 is 6.30. The normalized spacial score (nSPS) is 11.2. The molecule has 0 aliphatic carbocycles. The van der Waals surface area contributed by atoms with Crippen LogP contribution in [0.1, 0.15) is 0 Å². The van der Waals surface area contributed by atoms with E-state index in [2.05, 4.69) is 266 Å². The highest BCUT2D eigenvalue weighted by Crippen LogP contribution is 2.46. The zero-order valence-electron chi connectivity index (χ0n) is 37.3. The van der Waals surface area contributed by atoms with Crippen LogP contribution in [0.5, 0.6) is 0 Å². The van der Waals surface area contributed by atoms with Gasteiger partial charge in [0.05, 0.1) is 5.69 Å². The maximum absolute atomic E-state index is 6.30. The quantitative estimate of drug-likeness (QED) is 0.136.